The maximum atomic E-state index is 12.8. The second-order valence-electron chi connectivity index (χ2n) is 6.44. The Morgan fingerprint density at radius 2 is 2.00 bits per heavy atom. The largest absolute Gasteiger partial charge is 0.416 e. The van der Waals surface area contributed by atoms with Gasteiger partial charge in [0.15, 0.2) is 0 Å². The smallest absolute Gasteiger partial charge is 0.355 e. The minimum absolute atomic E-state index is 0.00349. The molecule has 0 saturated carbocycles. The van der Waals surface area contributed by atoms with Gasteiger partial charge in [0.2, 0.25) is 17.7 Å². The summed E-state index contributed by atoms with van der Waals surface area (Å²) in [5.41, 5.74) is -0.433. The SMILES string of the molecule is CCCNC(=O)CNC(=O)[C@H]1CC(=O)N(Cc2cccc(C(F)(F)F)c2)C1. The van der Waals surface area contributed by atoms with Crippen molar-refractivity contribution in [3.63, 3.8) is 0 Å². The summed E-state index contributed by atoms with van der Waals surface area (Å²) in [6.07, 6.45) is -3.70. The van der Waals surface area contributed by atoms with Crippen LogP contribution in [0.3, 0.4) is 0 Å². The van der Waals surface area contributed by atoms with E-state index in [1.54, 1.807) is 0 Å². The van der Waals surface area contributed by atoms with Crippen LogP contribution in [-0.2, 0) is 27.1 Å². The molecule has 1 fully saturated rings. The van der Waals surface area contributed by atoms with Crippen molar-refractivity contribution in [3.8, 4) is 0 Å². The Morgan fingerprint density at radius 1 is 1.26 bits per heavy atom. The maximum absolute atomic E-state index is 12.8. The molecule has 0 unspecified atom stereocenters. The summed E-state index contributed by atoms with van der Waals surface area (Å²) in [5.74, 6) is -1.65. The highest BCUT2D eigenvalue weighted by Gasteiger charge is 2.35. The van der Waals surface area contributed by atoms with E-state index in [9.17, 15) is 27.6 Å². The van der Waals surface area contributed by atoms with E-state index >= 15 is 0 Å². The molecule has 2 rings (SSSR count). The number of nitrogens with zero attached hydrogens (tertiary/aromatic N) is 1. The van der Waals surface area contributed by atoms with Crippen LogP contribution in [0, 0.1) is 5.92 Å². The van der Waals surface area contributed by atoms with Crippen LogP contribution in [0.1, 0.15) is 30.9 Å². The summed E-state index contributed by atoms with van der Waals surface area (Å²) in [6, 6.07) is 4.76. The van der Waals surface area contributed by atoms with E-state index in [0.717, 1.165) is 18.6 Å². The molecule has 0 radical (unpaired) electrons. The van der Waals surface area contributed by atoms with Gasteiger partial charge in [0.1, 0.15) is 0 Å². The van der Waals surface area contributed by atoms with Gasteiger partial charge in [-0.25, -0.2) is 0 Å². The highest BCUT2D eigenvalue weighted by Crippen LogP contribution is 2.30. The average molecular weight is 385 g/mol. The molecule has 0 aromatic heterocycles. The van der Waals surface area contributed by atoms with Crippen LogP contribution in [0.4, 0.5) is 13.2 Å². The van der Waals surface area contributed by atoms with Gasteiger partial charge in [0.05, 0.1) is 18.0 Å². The first-order valence-corrected chi connectivity index (χ1v) is 8.69. The van der Waals surface area contributed by atoms with Crippen molar-refractivity contribution >= 4 is 17.7 Å². The first kappa shape index (κ1) is 20.7. The fraction of sp³-hybridized carbons (Fsp3) is 0.500. The fourth-order valence-corrected chi connectivity index (χ4v) is 2.81. The number of rotatable bonds is 7. The molecule has 1 aromatic carbocycles. The maximum Gasteiger partial charge on any atom is 0.416 e. The standard InChI is InChI=1S/C18H22F3N3O3/c1-2-6-22-15(25)9-23-17(27)13-8-16(26)24(11-13)10-12-4-3-5-14(7-12)18(19,20)21/h3-5,7,13H,2,6,8-11H2,1H3,(H,22,25)(H,23,27)/t13-/m0/s1. The zero-order chi connectivity index (χ0) is 20.0. The number of benzene rings is 1. The van der Waals surface area contributed by atoms with Gasteiger partial charge in [0.25, 0.3) is 0 Å². The molecular weight excluding hydrogens is 363 g/mol. The Labute approximate surface area is 155 Å². The van der Waals surface area contributed by atoms with Crippen molar-refractivity contribution in [1.82, 2.24) is 15.5 Å². The molecule has 3 amide bonds. The zero-order valence-corrected chi connectivity index (χ0v) is 14.9. The molecule has 0 aliphatic carbocycles. The third-order valence-corrected chi connectivity index (χ3v) is 4.21. The highest BCUT2D eigenvalue weighted by molar-refractivity contribution is 5.91. The van der Waals surface area contributed by atoms with Crippen LogP contribution in [-0.4, -0.2) is 42.3 Å². The quantitative estimate of drug-likeness (QED) is 0.750. The van der Waals surface area contributed by atoms with Gasteiger partial charge in [0, 0.05) is 26.1 Å². The predicted molar refractivity (Wildman–Crippen MR) is 91.3 cm³/mol. The van der Waals surface area contributed by atoms with Crippen molar-refractivity contribution in [2.24, 2.45) is 5.92 Å². The van der Waals surface area contributed by atoms with Crippen molar-refractivity contribution in [2.75, 3.05) is 19.6 Å². The monoisotopic (exact) mass is 385 g/mol. The molecule has 2 N–H and O–H groups in total. The summed E-state index contributed by atoms with van der Waals surface area (Å²) in [5, 5.41) is 5.11. The van der Waals surface area contributed by atoms with Gasteiger partial charge in [-0.15, -0.1) is 0 Å². The molecule has 148 valence electrons. The predicted octanol–water partition coefficient (Wildman–Crippen LogP) is 1.70. The number of nitrogens with one attached hydrogen (secondary N) is 2. The topological polar surface area (TPSA) is 78.5 Å². The van der Waals surface area contributed by atoms with Gasteiger partial charge in [-0.1, -0.05) is 19.1 Å². The molecule has 1 aliphatic rings. The third kappa shape index (κ3) is 5.97. The second-order valence-corrected chi connectivity index (χ2v) is 6.44. The van der Waals surface area contributed by atoms with E-state index in [1.165, 1.54) is 17.0 Å². The third-order valence-electron chi connectivity index (χ3n) is 4.21. The van der Waals surface area contributed by atoms with E-state index in [0.29, 0.717) is 12.1 Å². The Balaban J connectivity index is 1.90. The lowest BCUT2D eigenvalue weighted by atomic mass is 10.1. The number of likely N-dealkylation sites (tertiary alicyclic amines) is 1. The highest BCUT2D eigenvalue weighted by atomic mass is 19.4. The fourth-order valence-electron chi connectivity index (χ4n) is 2.81. The Kier molecular flexibility index (Phi) is 6.81. The van der Waals surface area contributed by atoms with E-state index in [-0.39, 0.29) is 37.9 Å². The van der Waals surface area contributed by atoms with Gasteiger partial charge in [-0.2, -0.15) is 13.2 Å². The van der Waals surface area contributed by atoms with Crippen molar-refractivity contribution in [1.29, 1.82) is 0 Å². The Bertz CT molecular complexity index is 707. The summed E-state index contributed by atoms with van der Waals surface area (Å²) in [7, 11) is 0. The molecule has 6 nitrogen and oxygen atoms in total. The lowest BCUT2D eigenvalue weighted by Crippen LogP contribution is -2.40. The molecule has 1 aliphatic heterocycles. The van der Waals surface area contributed by atoms with Gasteiger partial charge < -0.3 is 15.5 Å². The van der Waals surface area contributed by atoms with Crippen LogP contribution in [0.5, 0.6) is 0 Å². The summed E-state index contributed by atoms with van der Waals surface area (Å²) in [4.78, 5) is 37.1. The van der Waals surface area contributed by atoms with Crippen LogP contribution in [0.2, 0.25) is 0 Å². The van der Waals surface area contributed by atoms with Gasteiger partial charge in [-0.3, -0.25) is 14.4 Å². The molecule has 0 bridgehead atoms. The molecule has 1 heterocycles. The van der Waals surface area contributed by atoms with E-state index in [2.05, 4.69) is 10.6 Å². The minimum atomic E-state index is -4.45. The average Bonchev–Trinajstić information content (AvgIpc) is 2.98. The number of halogens is 3. The lowest BCUT2D eigenvalue weighted by Gasteiger charge is -2.17. The number of alkyl halides is 3. The molecule has 9 heteroatoms. The minimum Gasteiger partial charge on any atom is -0.355 e. The lowest BCUT2D eigenvalue weighted by molar-refractivity contribution is -0.137. The first-order valence-electron chi connectivity index (χ1n) is 8.69. The number of amides is 3. The summed E-state index contributed by atoms with van der Waals surface area (Å²) >= 11 is 0. The molecular formula is C18H22F3N3O3. The van der Waals surface area contributed by atoms with Crippen LogP contribution in [0.15, 0.2) is 24.3 Å². The second kappa shape index (κ2) is 8.88. The number of hydrogen-bond donors (Lipinski definition) is 2. The number of carbonyl (C=O) groups excluding carboxylic acids is 3. The van der Waals surface area contributed by atoms with Crippen LogP contribution < -0.4 is 10.6 Å². The molecule has 1 aromatic rings. The normalized spacial score (nSPS) is 17.1. The van der Waals surface area contributed by atoms with Gasteiger partial charge in [-0.05, 0) is 24.1 Å². The molecule has 1 atom stereocenters. The van der Waals surface area contributed by atoms with E-state index < -0.39 is 23.6 Å². The van der Waals surface area contributed by atoms with E-state index in [1.807, 2.05) is 6.92 Å². The van der Waals surface area contributed by atoms with Crippen molar-refractivity contribution < 1.29 is 27.6 Å². The Hall–Kier alpha value is -2.58. The first-order chi connectivity index (χ1) is 12.7. The van der Waals surface area contributed by atoms with Gasteiger partial charge >= 0.3 is 6.18 Å². The summed E-state index contributed by atoms with van der Waals surface area (Å²) < 4.78 is 38.4. The summed E-state index contributed by atoms with van der Waals surface area (Å²) in [6.45, 7) is 2.36. The van der Waals surface area contributed by atoms with Crippen LogP contribution in [0.25, 0.3) is 0 Å². The number of hydrogen-bond acceptors (Lipinski definition) is 3. The van der Waals surface area contributed by atoms with E-state index in [4.69, 9.17) is 0 Å². The Morgan fingerprint density at radius 3 is 2.67 bits per heavy atom. The molecule has 27 heavy (non-hydrogen) atoms. The zero-order valence-electron chi connectivity index (χ0n) is 14.9. The molecule has 0 spiro atoms. The van der Waals surface area contributed by atoms with Crippen molar-refractivity contribution in [3.05, 3.63) is 35.4 Å². The van der Waals surface area contributed by atoms with Crippen LogP contribution >= 0.6 is 0 Å². The molecule has 1 saturated heterocycles. The number of carbonyl (C=O) groups is 3. The van der Waals surface area contributed by atoms with Crippen molar-refractivity contribution in [2.45, 2.75) is 32.5 Å².